The van der Waals surface area contributed by atoms with E-state index >= 15 is 0 Å². The molecule has 0 spiro atoms. The Labute approximate surface area is 154 Å². The van der Waals surface area contributed by atoms with Gasteiger partial charge in [0, 0.05) is 37.0 Å². The molecule has 26 heavy (non-hydrogen) atoms. The Balaban J connectivity index is 2.05. The fraction of sp³-hybridized carbons (Fsp3) is 0.316. The van der Waals surface area contributed by atoms with Gasteiger partial charge in [0.15, 0.2) is 11.3 Å². The highest BCUT2D eigenvalue weighted by Gasteiger charge is 2.24. The molecule has 1 atom stereocenters. The SMILES string of the molecule is CC(C)(F)Oc1ccc(-c2cnc3c(C#N)nc(C(C)(C)P)n3c2)cc1. The van der Waals surface area contributed by atoms with Gasteiger partial charge in [0.05, 0.1) is 0 Å². The number of rotatable bonds is 4. The number of fused-ring (bicyclic) bond motifs is 1. The molecule has 5 nitrogen and oxygen atoms in total. The molecule has 0 bridgehead atoms. The number of nitrogens with zero attached hydrogens (tertiary/aromatic N) is 4. The van der Waals surface area contributed by atoms with Crippen LogP contribution in [0.3, 0.4) is 0 Å². The van der Waals surface area contributed by atoms with Crippen LogP contribution in [0.25, 0.3) is 16.8 Å². The Bertz CT molecular complexity index is 992. The minimum absolute atomic E-state index is 0.302. The van der Waals surface area contributed by atoms with Crippen LogP contribution in [0.4, 0.5) is 4.39 Å². The topological polar surface area (TPSA) is 63.2 Å². The number of alkyl halides is 1. The van der Waals surface area contributed by atoms with Crippen LogP contribution >= 0.6 is 9.24 Å². The first-order valence-electron chi connectivity index (χ1n) is 8.14. The lowest BCUT2D eigenvalue weighted by Crippen LogP contribution is -2.20. The van der Waals surface area contributed by atoms with Crippen LogP contribution in [0.15, 0.2) is 36.7 Å². The average Bonchev–Trinajstić information content (AvgIpc) is 2.92. The maximum Gasteiger partial charge on any atom is 0.242 e. The summed E-state index contributed by atoms with van der Waals surface area (Å²) in [5, 5.41) is 8.99. The second kappa shape index (κ2) is 6.34. The molecule has 0 saturated carbocycles. The third kappa shape index (κ3) is 3.68. The molecule has 0 aliphatic rings. The number of hydrogen-bond donors (Lipinski definition) is 0. The summed E-state index contributed by atoms with van der Waals surface area (Å²) in [4.78, 5) is 8.85. The molecule has 0 fully saturated rings. The number of ether oxygens (including phenoxy) is 1. The number of nitriles is 1. The van der Waals surface area contributed by atoms with Gasteiger partial charge in [-0.15, -0.1) is 9.24 Å². The number of aromatic nitrogens is 3. The fourth-order valence-corrected chi connectivity index (χ4v) is 2.85. The summed E-state index contributed by atoms with van der Waals surface area (Å²) in [6, 6.07) is 9.22. The lowest BCUT2D eigenvalue weighted by Gasteiger charge is -2.17. The molecule has 2 heterocycles. The Morgan fingerprint density at radius 3 is 2.35 bits per heavy atom. The van der Waals surface area contributed by atoms with Crippen molar-refractivity contribution in [2.75, 3.05) is 0 Å². The van der Waals surface area contributed by atoms with E-state index in [1.807, 2.05) is 36.6 Å². The fourth-order valence-electron chi connectivity index (χ4n) is 2.65. The van der Waals surface area contributed by atoms with Gasteiger partial charge in [0.2, 0.25) is 5.85 Å². The first-order chi connectivity index (χ1) is 12.1. The Morgan fingerprint density at radius 1 is 1.15 bits per heavy atom. The van der Waals surface area contributed by atoms with Crippen LogP contribution in [-0.2, 0) is 5.16 Å². The summed E-state index contributed by atoms with van der Waals surface area (Å²) < 4.78 is 20.6. The van der Waals surface area contributed by atoms with Crippen LogP contribution in [-0.4, -0.2) is 20.2 Å². The predicted molar refractivity (Wildman–Crippen MR) is 102 cm³/mol. The van der Waals surface area contributed by atoms with Gasteiger partial charge in [-0.25, -0.2) is 9.97 Å². The third-order valence-electron chi connectivity index (χ3n) is 3.71. The van der Waals surface area contributed by atoms with E-state index in [0.717, 1.165) is 17.0 Å². The van der Waals surface area contributed by atoms with Crippen LogP contribution in [0.1, 0.15) is 39.2 Å². The lowest BCUT2D eigenvalue weighted by atomic mass is 10.1. The lowest BCUT2D eigenvalue weighted by molar-refractivity contribution is -0.0256. The first-order valence-corrected chi connectivity index (χ1v) is 8.72. The molecular formula is C19H20FN4OP. The van der Waals surface area contributed by atoms with E-state index in [-0.39, 0.29) is 5.16 Å². The molecule has 0 aliphatic carbocycles. The molecule has 0 radical (unpaired) electrons. The van der Waals surface area contributed by atoms with E-state index in [1.165, 1.54) is 13.8 Å². The van der Waals surface area contributed by atoms with Crippen molar-refractivity contribution in [3.05, 3.63) is 48.2 Å². The Hall–Kier alpha value is -2.51. The summed E-state index contributed by atoms with van der Waals surface area (Å²) >= 11 is 0. The van der Waals surface area contributed by atoms with Crippen molar-refractivity contribution >= 4 is 14.9 Å². The number of halogens is 1. The van der Waals surface area contributed by atoms with Crippen LogP contribution in [0.2, 0.25) is 0 Å². The van der Waals surface area contributed by atoms with Gasteiger partial charge in [-0.2, -0.15) is 9.65 Å². The molecule has 134 valence electrons. The van der Waals surface area contributed by atoms with E-state index in [1.54, 1.807) is 18.3 Å². The van der Waals surface area contributed by atoms with E-state index in [4.69, 9.17) is 4.74 Å². The third-order valence-corrected chi connectivity index (χ3v) is 3.97. The number of benzene rings is 1. The number of hydrogen-bond acceptors (Lipinski definition) is 4. The monoisotopic (exact) mass is 370 g/mol. The normalized spacial score (nSPS) is 12.2. The molecule has 1 aromatic carbocycles. The van der Waals surface area contributed by atoms with Crippen molar-refractivity contribution in [2.45, 2.75) is 38.7 Å². The van der Waals surface area contributed by atoms with Crippen LogP contribution in [0, 0.1) is 11.3 Å². The van der Waals surface area contributed by atoms with E-state index < -0.39 is 5.85 Å². The van der Waals surface area contributed by atoms with Crippen molar-refractivity contribution in [3.63, 3.8) is 0 Å². The van der Waals surface area contributed by atoms with Crippen molar-refractivity contribution in [3.8, 4) is 22.9 Å². The molecule has 3 aromatic rings. The molecular weight excluding hydrogens is 350 g/mol. The van der Waals surface area contributed by atoms with E-state index in [2.05, 4.69) is 25.3 Å². The van der Waals surface area contributed by atoms with Gasteiger partial charge >= 0.3 is 0 Å². The molecule has 7 heteroatoms. The van der Waals surface area contributed by atoms with Gasteiger partial charge in [-0.3, -0.25) is 4.40 Å². The average molecular weight is 370 g/mol. The van der Waals surface area contributed by atoms with Gasteiger partial charge in [0.25, 0.3) is 0 Å². The Morgan fingerprint density at radius 2 is 1.81 bits per heavy atom. The standard InChI is InChI=1S/C19H20FN4OP/c1-18(2,26)17-23-15(9-21)16-22-10-13(11-24(16)17)12-5-7-14(8-6-12)25-19(3,4)20/h5-8,10-11H,26H2,1-4H3. The smallest absolute Gasteiger partial charge is 0.242 e. The van der Waals surface area contributed by atoms with Crippen molar-refractivity contribution < 1.29 is 9.13 Å². The molecule has 3 rings (SSSR count). The van der Waals surface area contributed by atoms with Gasteiger partial charge in [-0.1, -0.05) is 12.1 Å². The highest BCUT2D eigenvalue weighted by Crippen LogP contribution is 2.32. The largest absolute Gasteiger partial charge is 0.459 e. The Kier molecular flexibility index (Phi) is 4.46. The zero-order chi connectivity index (χ0) is 19.1. The molecule has 1 unspecified atom stereocenters. The quantitative estimate of drug-likeness (QED) is 0.636. The zero-order valence-corrected chi connectivity index (χ0v) is 16.3. The molecule has 0 N–H and O–H groups in total. The minimum atomic E-state index is -1.73. The van der Waals surface area contributed by atoms with Crippen molar-refractivity contribution in [1.29, 1.82) is 5.26 Å². The number of imidazole rings is 1. The maximum absolute atomic E-state index is 13.6. The van der Waals surface area contributed by atoms with Gasteiger partial charge in [0.1, 0.15) is 17.6 Å². The highest BCUT2D eigenvalue weighted by atomic mass is 31.0. The summed E-state index contributed by atoms with van der Waals surface area (Å²) in [6.45, 7) is 6.73. The highest BCUT2D eigenvalue weighted by molar-refractivity contribution is 7.18. The van der Waals surface area contributed by atoms with Crippen LogP contribution in [0.5, 0.6) is 5.75 Å². The summed E-state index contributed by atoms with van der Waals surface area (Å²) in [5.74, 6) is -0.537. The molecule has 0 aliphatic heterocycles. The molecule has 0 saturated heterocycles. The summed E-state index contributed by atoms with van der Waals surface area (Å²) in [6.07, 6.45) is 3.61. The van der Waals surface area contributed by atoms with Gasteiger partial charge in [-0.05, 0) is 31.5 Å². The summed E-state index contributed by atoms with van der Waals surface area (Å²) in [5.41, 5.74) is 2.60. The molecule has 0 amide bonds. The minimum Gasteiger partial charge on any atom is -0.459 e. The predicted octanol–water partition coefficient (Wildman–Crippen LogP) is 4.46. The molecule has 2 aromatic heterocycles. The van der Waals surface area contributed by atoms with Crippen LogP contribution < -0.4 is 4.74 Å². The van der Waals surface area contributed by atoms with E-state index in [9.17, 15) is 9.65 Å². The van der Waals surface area contributed by atoms with Crippen molar-refractivity contribution in [2.24, 2.45) is 0 Å². The van der Waals surface area contributed by atoms with Gasteiger partial charge < -0.3 is 4.74 Å². The first kappa shape index (κ1) is 18.3. The summed E-state index contributed by atoms with van der Waals surface area (Å²) in [7, 11) is 2.73. The second-order valence-electron chi connectivity index (χ2n) is 7.14. The second-order valence-corrected chi connectivity index (χ2v) is 8.59. The van der Waals surface area contributed by atoms with E-state index in [0.29, 0.717) is 17.1 Å². The maximum atomic E-state index is 13.6. The van der Waals surface area contributed by atoms with Crippen molar-refractivity contribution in [1.82, 2.24) is 14.4 Å². The zero-order valence-electron chi connectivity index (χ0n) is 15.1.